The molecular weight excluding hydrogens is 872 g/mol. The van der Waals surface area contributed by atoms with Gasteiger partial charge in [-0.15, -0.1) is 0 Å². The van der Waals surface area contributed by atoms with E-state index in [0.29, 0.717) is 72.9 Å². The number of nitrogens with zero attached hydrogens (tertiary/aromatic N) is 3. The van der Waals surface area contributed by atoms with Crippen molar-refractivity contribution in [2.75, 3.05) is 18.0 Å². The minimum Gasteiger partial charge on any atom is -0.465 e. The lowest BCUT2D eigenvalue weighted by Gasteiger charge is -2.61. The fourth-order valence-electron chi connectivity index (χ4n) is 14.4. The number of anilines is 1. The molecule has 5 unspecified atom stereocenters. The van der Waals surface area contributed by atoms with E-state index in [4.69, 9.17) is 11.5 Å². The summed E-state index contributed by atoms with van der Waals surface area (Å²) >= 11 is 0. The summed E-state index contributed by atoms with van der Waals surface area (Å²) in [4.78, 5) is 87.4. The van der Waals surface area contributed by atoms with Crippen molar-refractivity contribution in [3.63, 3.8) is 0 Å². The topological polar surface area (TPSA) is 229 Å². The fraction of sp³-hybridized carbons (Fsp3) is 0.510. The summed E-state index contributed by atoms with van der Waals surface area (Å²) in [5.41, 5.74) is 6.29. The molecule has 67 heavy (non-hydrogen) atoms. The number of benzene rings is 3. The molecule has 10 rings (SSSR count). The molecule has 15 nitrogen and oxygen atoms in total. The van der Waals surface area contributed by atoms with Crippen molar-refractivity contribution in [3.05, 3.63) is 101 Å². The van der Waals surface area contributed by atoms with Gasteiger partial charge in [0.2, 0.25) is 11.8 Å². The molecule has 4 aliphatic carbocycles. The summed E-state index contributed by atoms with van der Waals surface area (Å²) in [5.74, 6) is -3.39. The molecule has 3 aliphatic heterocycles. The van der Waals surface area contributed by atoms with E-state index < -0.39 is 93.1 Å². The Bertz CT molecular complexity index is 2490. The van der Waals surface area contributed by atoms with Gasteiger partial charge in [0.1, 0.15) is 11.1 Å². The van der Waals surface area contributed by atoms with Crippen molar-refractivity contribution in [1.29, 1.82) is 0 Å². The van der Waals surface area contributed by atoms with Gasteiger partial charge in [0, 0.05) is 47.5 Å². The van der Waals surface area contributed by atoms with Gasteiger partial charge in [-0.1, -0.05) is 82.6 Å². The van der Waals surface area contributed by atoms with Crippen molar-refractivity contribution < 1.29 is 52.2 Å². The van der Waals surface area contributed by atoms with Crippen LogP contribution in [-0.4, -0.2) is 92.6 Å². The zero-order valence-electron chi connectivity index (χ0n) is 38.0. The highest BCUT2D eigenvalue weighted by molar-refractivity contribution is 6.01. The van der Waals surface area contributed by atoms with Crippen molar-refractivity contribution in [2.24, 2.45) is 17.4 Å². The van der Waals surface area contributed by atoms with E-state index in [1.807, 2.05) is 23.6 Å². The minimum absolute atomic E-state index is 0.241. The highest BCUT2D eigenvalue weighted by Crippen LogP contribution is 2.62. The molecule has 3 aromatic carbocycles. The van der Waals surface area contributed by atoms with E-state index in [-0.39, 0.29) is 31.8 Å². The molecule has 18 heteroatoms. The first-order valence-corrected chi connectivity index (χ1v) is 23.0. The normalized spacial score (nSPS) is 32.4. The molecular formula is C49H58F3N7O8. The SMILES string of the molecule is CCC1C[C@@H](C2CCCN2[C@@]2(C(=O)NC(=O)O)c3ccc(cc3)C2(C)CC(N)=O)N(c2ccc(C(F)(F)F)cc2)[C@]1(CC)C1CCCN1[C@@]1(C(=O)NC(=O)O)c2ccc(cc2)C1(C)CC(N)=O. The number of likely N-dealkylation sites (tertiary alicyclic amines) is 2. The minimum atomic E-state index is -4.66. The lowest BCUT2D eigenvalue weighted by atomic mass is 9.56. The Morgan fingerprint density at radius 3 is 1.55 bits per heavy atom. The summed E-state index contributed by atoms with van der Waals surface area (Å²) in [7, 11) is 0. The second-order valence-electron chi connectivity index (χ2n) is 19.5. The average molecular weight is 930 g/mol. The van der Waals surface area contributed by atoms with E-state index in [1.54, 1.807) is 62.4 Å². The zero-order valence-corrected chi connectivity index (χ0v) is 38.0. The molecule has 0 radical (unpaired) electrons. The molecule has 0 spiro atoms. The number of carbonyl (C=O) groups excluding carboxylic acids is 4. The number of imide groups is 2. The molecule has 3 aromatic rings. The van der Waals surface area contributed by atoms with E-state index >= 15 is 9.59 Å². The average Bonchev–Trinajstić information content (AvgIpc) is 4.02. The highest BCUT2D eigenvalue weighted by atomic mass is 19.4. The van der Waals surface area contributed by atoms with Crippen LogP contribution < -0.4 is 27.0 Å². The van der Waals surface area contributed by atoms with Crippen molar-refractivity contribution in [3.8, 4) is 0 Å². The van der Waals surface area contributed by atoms with Crippen LogP contribution in [-0.2, 0) is 47.3 Å². The first-order valence-electron chi connectivity index (χ1n) is 23.0. The second kappa shape index (κ2) is 16.6. The molecule has 9 atom stereocenters. The Morgan fingerprint density at radius 1 is 0.672 bits per heavy atom. The number of rotatable bonds is 13. The Labute approximate surface area is 386 Å². The third-order valence-electron chi connectivity index (χ3n) is 16.6. The van der Waals surface area contributed by atoms with Crippen LogP contribution in [0.15, 0.2) is 72.8 Å². The molecule has 358 valence electrons. The summed E-state index contributed by atoms with van der Waals surface area (Å²) < 4.78 is 43.0. The van der Waals surface area contributed by atoms with E-state index in [1.165, 1.54) is 12.1 Å². The van der Waals surface area contributed by atoms with Crippen LogP contribution in [0.25, 0.3) is 0 Å². The first-order chi connectivity index (χ1) is 31.6. The second-order valence-corrected chi connectivity index (χ2v) is 19.5. The third kappa shape index (κ3) is 6.74. The molecule has 4 bridgehead atoms. The number of primary amides is 2. The third-order valence-corrected chi connectivity index (χ3v) is 16.6. The number of nitrogens with one attached hydrogen (secondary N) is 2. The molecule has 3 saturated heterocycles. The van der Waals surface area contributed by atoms with Crippen LogP contribution in [0.5, 0.6) is 0 Å². The largest absolute Gasteiger partial charge is 0.465 e. The predicted octanol–water partition coefficient (Wildman–Crippen LogP) is 6.06. The van der Waals surface area contributed by atoms with Crippen LogP contribution in [0.4, 0.5) is 28.4 Å². The number of carboxylic acid groups (broad SMARTS) is 2. The molecule has 0 aromatic heterocycles. The van der Waals surface area contributed by atoms with Crippen molar-refractivity contribution in [1.82, 2.24) is 20.4 Å². The van der Waals surface area contributed by atoms with E-state index in [2.05, 4.69) is 15.5 Å². The molecule has 0 saturated carbocycles. The van der Waals surface area contributed by atoms with Gasteiger partial charge >= 0.3 is 18.4 Å². The van der Waals surface area contributed by atoms with E-state index in [0.717, 1.165) is 12.1 Å². The van der Waals surface area contributed by atoms with Crippen LogP contribution in [0.2, 0.25) is 0 Å². The quantitative estimate of drug-likeness (QED) is 0.115. The van der Waals surface area contributed by atoms with Crippen LogP contribution >= 0.6 is 0 Å². The lowest BCUT2D eigenvalue weighted by Crippen LogP contribution is -2.74. The molecule has 3 fully saturated rings. The first kappa shape index (κ1) is 47.5. The fourth-order valence-corrected chi connectivity index (χ4v) is 14.4. The number of fused-ring (bicyclic) bond motifs is 6. The number of hydrogen-bond acceptors (Lipinski definition) is 9. The maximum atomic E-state index is 15.1. The molecule has 6 amide bonds. The number of nitrogens with two attached hydrogens (primary N) is 2. The van der Waals surface area contributed by atoms with E-state index in [9.17, 15) is 42.6 Å². The number of carbonyl (C=O) groups is 6. The maximum Gasteiger partial charge on any atom is 0.416 e. The van der Waals surface area contributed by atoms with Gasteiger partial charge < -0.3 is 26.6 Å². The van der Waals surface area contributed by atoms with Crippen LogP contribution in [0.1, 0.15) is 113 Å². The van der Waals surface area contributed by atoms with Crippen LogP contribution in [0, 0.1) is 5.92 Å². The highest BCUT2D eigenvalue weighted by Gasteiger charge is 2.70. The van der Waals surface area contributed by atoms with Crippen molar-refractivity contribution in [2.45, 2.75) is 137 Å². The Balaban J connectivity index is 1.37. The Morgan fingerprint density at radius 2 is 1.12 bits per heavy atom. The summed E-state index contributed by atoms with van der Waals surface area (Å²) in [6, 6.07) is 17.4. The smallest absolute Gasteiger partial charge is 0.416 e. The number of hydrogen-bond donors (Lipinski definition) is 6. The maximum absolute atomic E-state index is 15.1. The summed E-state index contributed by atoms with van der Waals surface area (Å²) in [6.45, 7) is 8.08. The molecule has 3 heterocycles. The number of halogens is 3. The molecule has 8 N–H and O–H groups in total. The van der Waals surface area contributed by atoms with Gasteiger partial charge in [-0.2, -0.15) is 13.2 Å². The van der Waals surface area contributed by atoms with Gasteiger partial charge in [-0.25, -0.2) is 9.59 Å². The van der Waals surface area contributed by atoms with Gasteiger partial charge in [0.05, 0.1) is 11.1 Å². The lowest BCUT2D eigenvalue weighted by molar-refractivity contribution is -0.145. The molecule has 7 aliphatic rings. The van der Waals surface area contributed by atoms with Crippen molar-refractivity contribution >= 4 is 41.5 Å². The Hall–Kier alpha value is -6.01. The monoisotopic (exact) mass is 929 g/mol. The summed E-state index contributed by atoms with van der Waals surface area (Å²) in [5, 5.41) is 24.6. The van der Waals surface area contributed by atoms with Gasteiger partial charge in [0.15, 0.2) is 0 Å². The number of alkyl halides is 3. The zero-order chi connectivity index (χ0) is 48.6. The predicted molar refractivity (Wildman–Crippen MR) is 239 cm³/mol. The number of amides is 6. The van der Waals surface area contributed by atoms with Crippen LogP contribution in [0.3, 0.4) is 0 Å². The van der Waals surface area contributed by atoms with Gasteiger partial charge in [0.25, 0.3) is 11.8 Å². The Kier molecular flexibility index (Phi) is 11.8. The van der Waals surface area contributed by atoms with Gasteiger partial charge in [-0.3, -0.25) is 39.6 Å². The van der Waals surface area contributed by atoms with Gasteiger partial charge in [-0.05, 0) is 104 Å². The summed E-state index contributed by atoms with van der Waals surface area (Å²) in [6.07, 6.45) is -5.05. The standard InChI is InChI=1S/C49H58F3N7O8/c1-5-28-25-36(35-9-7-23-57(35)47(40(62)55-42(64)65)31-15-11-29(12-16-31)44(47,3)26-38(53)60)59(34-21-19-33(20-22-34)49(50,51)52)46(28,6-2)37-10-8-24-58(37)48(41(63)56-43(66)67)32-17-13-30(14-18-32)45(48,4)27-39(54)61/h11-22,28,35-37H,5-10,23-27H2,1-4H3,(H2,53,60)(H2,54,61)(H,55,62)(H,56,63)(H,64,65)(H,66,67)/t28?,35?,36-,37?,44?,45?,46-,47+,48+/m0/s1.